The van der Waals surface area contributed by atoms with Gasteiger partial charge in [-0.15, -0.1) is 10.2 Å². The Morgan fingerprint density at radius 1 is 1.50 bits per heavy atom. The summed E-state index contributed by atoms with van der Waals surface area (Å²) in [5.41, 5.74) is 6.37. The second-order valence-electron chi connectivity index (χ2n) is 4.11. The summed E-state index contributed by atoms with van der Waals surface area (Å²) < 4.78 is 1.72. The van der Waals surface area contributed by atoms with Crippen LogP contribution in [0.4, 0.5) is 0 Å². The molecule has 1 aromatic heterocycles. The van der Waals surface area contributed by atoms with Crippen LogP contribution in [0.15, 0.2) is 35.7 Å². The summed E-state index contributed by atoms with van der Waals surface area (Å²) in [5, 5.41) is 21.8. The number of oxime groups is 1. The maximum Gasteiger partial charge on any atom is 0.251 e. The first-order chi connectivity index (χ1) is 9.61. The average Bonchev–Trinajstić information content (AvgIpc) is 2.89. The fraction of sp³-hybridized carbons (Fsp3) is 0.167. The fourth-order valence-electron chi connectivity index (χ4n) is 1.61. The Morgan fingerprint density at radius 2 is 2.25 bits per heavy atom. The van der Waals surface area contributed by atoms with Crippen LogP contribution < -0.4 is 11.1 Å². The molecule has 1 amide bonds. The third-order valence-corrected chi connectivity index (χ3v) is 2.74. The number of hydrogen-bond acceptors (Lipinski definition) is 5. The lowest BCUT2D eigenvalue weighted by atomic mass is 10.1. The van der Waals surface area contributed by atoms with Crippen molar-refractivity contribution in [3.05, 3.63) is 47.5 Å². The molecule has 20 heavy (non-hydrogen) atoms. The van der Waals surface area contributed by atoms with Crippen LogP contribution in [0.25, 0.3) is 0 Å². The lowest BCUT2D eigenvalue weighted by molar-refractivity contribution is 0.0949. The molecule has 1 heterocycles. The monoisotopic (exact) mass is 274 g/mol. The minimum absolute atomic E-state index is 0.0482. The van der Waals surface area contributed by atoms with Crippen LogP contribution in [-0.2, 0) is 13.6 Å². The Bertz CT molecular complexity index is 649. The van der Waals surface area contributed by atoms with Crippen LogP contribution in [0.3, 0.4) is 0 Å². The van der Waals surface area contributed by atoms with Crippen molar-refractivity contribution in [3.63, 3.8) is 0 Å². The minimum Gasteiger partial charge on any atom is -0.409 e. The topological polar surface area (TPSA) is 118 Å². The number of nitrogens with one attached hydrogen (secondary N) is 1. The predicted molar refractivity (Wildman–Crippen MR) is 71.1 cm³/mol. The molecule has 0 bridgehead atoms. The Labute approximate surface area is 114 Å². The van der Waals surface area contributed by atoms with E-state index in [1.165, 1.54) is 0 Å². The molecule has 0 aliphatic rings. The SMILES string of the molecule is Cn1cnnc1CNC(=O)c1cccc(C(N)=NO)c1. The molecule has 0 aliphatic carbocycles. The van der Waals surface area contributed by atoms with E-state index in [1.807, 2.05) is 0 Å². The molecule has 0 atom stereocenters. The van der Waals surface area contributed by atoms with Crippen LogP contribution in [0.2, 0.25) is 0 Å². The molecule has 0 saturated heterocycles. The molecule has 104 valence electrons. The first-order valence-electron chi connectivity index (χ1n) is 5.81. The van der Waals surface area contributed by atoms with E-state index in [4.69, 9.17) is 10.9 Å². The second-order valence-corrected chi connectivity index (χ2v) is 4.11. The summed E-state index contributed by atoms with van der Waals surface area (Å²) >= 11 is 0. The molecule has 2 rings (SSSR count). The summed E-state index contributed by atoms with van der Waals surface area (Å²) in [6, 6.07) is 6.49. The van der Waals surface area contributed by atoms with E-state index >= 15 is 0 Å². The zero-order chi connectivity index (χ0) is 14.5. The van der Waals surface area contributed by atoms with E-state index in [0.717, 1.165) is 0 Å². The maximum absolute atomic E-state index is 12.0. The number of aromatic nitrogens is 3. The number of carbonyl (C=O) groups excluding carboxylic acids is 1. The van der Waals surface area contributed by atoms with E-state index in [9.17, 15) is 4.79 Å². The van der Waals surface area contributed by atoms with E-state index in [-0.39, 0.29) is 18.3 Å². The molecule has 8 nitrogen and oxygen atoms in total. The van der Waals surface area contributed by atoms with Crippen LogP contribution in [-0.4, -0.2) is 31.7 Å². The van der Waals surface area contributed by atoms with Crippen molar-refractivity contribution in [2.24, 2.45) is 17.9 Å². The van der Waals surface area contributed by atoms with Gasteiger partial charge in [0.1, 0.15) is 6.33 Å². The molecule has 0 unspecified atom stereocenters. The van der Waals surface area contributed by atoms with Crippen molar-refractivity contribution in [2.75, 3.05) is 0 Å². The van der Waals surface area contributed by atoms with Crippen molar-refractivity contribution in [3.8, 4) is 0 Å². The zero-order valence-corrected chi connectivity index (χ0v) is 10.8. The van der Waals surface area contributed by atoms with Gasteiger partial charge < -0.3 is 20.8 Å². The zero-order valence-electron chi connectivity index (χ0n) is 10.8. The first-order valence-corrected chi connectivity index (χ1v) is 5.81. The highest BCUT2D eigenvalue weighted by molar-refractivity contribution is 6.01. The van der Waals surface area contributed by atoms with Crippen molar-refractivity contribution in [1.29, 1.82) is 0 Å². The Balaban J connectivity index is 2.08. The number of nitrogens with two attached hydrogens (primary N) is 1. The fourth-order valence-corrected chi connectivity index (χ4v) is 1.61. The third-order valence-electron chi connectivity index (χ3n) is 2.74. The molecular formula is C12H14N6O2. The number of amides is 1. The van der Waals surface area contributed by atoms with Crippen molar-refractivity contribution < 1.29 is 10.0 Å². The molecule has 0 radical (unpaired) electrons. The summed E-state index contributed by atoms with van der Waals surface area (Å²) in [7, 11) is 1.79. The normalized spacial score (nSPS) is 11.3. The van der Waals surface area contributed by atoms with Crippen LogP contribution in [0, 0.1) is 0 Å². The van der Waals surface area contributed by atoms with Gasteiger partial charge in [0.25, 0.3) is 5.91 Å². The lowest BCUT2D eigenvalue weighted by Gasteiger charge is -2.06. The summed E-state index contributed by atoms with van der Waals surface area (Å²) in [6.45, 7) is 0.267. The number of benzene rings is 1. The molecule has 0 fully saturated rings. The van der Waals surface area contributed by atoms with E-state index in [1.54, 1.807) is 42.2 Å². The highest BCUT2D eigenvalue weighted by Gasteiger charge is 2.09. The molecule has 1 aromatic carbocycles. The number of hydrogen-bond donors (Lipinski definition) is 3. The van der Waals surface area contributed by atoms with Gasteiger partial charge in [0.2, 0.25) is 0 Å². The molecule has 0 aliphatic heterocycles. The van der Waals surface area contributed by atoms with Gasteiger partial charge >= 0.3 is 0 Å². The van der Waals surface area contributed by atoms with Gasteiger partial charge in [-0.25, -0.2) is 0 Å². The lowest BCUT2D eigenvalue weighted by Crippen LogP contribution is -2.25. The van der Waals surface area contributed by atoms with Crippen molar-refractivity contribution in [1.82, 2.24) is 20.1 Å². The van der Waals surface area contributed by atoms with E-state index in [0.29, 0.717) is 17.0 Å². The third kappa shape index (κ3) is 2.91. The van der Waals surface area contributed by atoms with E-state index < -0.39 is 0 Å². The van der Waals surface area contributed by atoms with Gasteiger partial charge in [-0.2, -0.15) is 0 Å². The molecular weight excluding hydrogens is 260 g/mol. The van der Waals surface area contributed by atoms with Crippen molar-refractivity contribution in [2.45, 2.75) is 6.54 Å². The number of rotatable bonds is 4. The summed E-state index contributed by atoms with van der Waals surface area (Å²) in [5.74, 6) is 0.319. The summed E-state index contributed by atoms with van der Waals surface area (Å²) in [4.78, 5) is 12.0. The maximum atomic E-state index is 12.0. The van der Waals surface area contributed by atoms with Crippen LogP contribution in [0.5, 0.6) is 0 Å². The number of carbonyl (C=O) groups is 1. The number of aryl methyl sites for hydroxylation is 1. The summed E-state index contributed by atoms with van der Waals surface area (Å²) in [6.07, 6.45) is 1.56. The second kappa shape index (κ2) is 5.83. The molecule has 0 spiro atoms. The first kappa shape index (κ1) is 13.5. The van der Waals surface area contributed by atoms with Crippen LogP contribution in [0.1, 0.15) is 21.7 Å². The quantitative estimate of drug-likeness (QED) is 0.310. The van der Waals surface area contributed by atoms with Gasteiger partial charge in [0.15, 0.2) is 11.7 Å². The van der Waals surface area contributed by atoms with E-state index in [2.05, 4.69) is 20.7 Å². The highest BCUT2D eigenvalue weighted by Crippen LogP contribution is 2.05. The van der Waals surface area contributed by atoms with Gasteiger partial charge in [0, 0.05) is 18.2 Å². The van der Waals surface area contributed by atoms with Gasteiger partial charge in [-0.3, -0.25) is 4.79 Å². The highest BCUT2D eigenvalue weighted by atomic mass is 16.4. The molecule has 0 saturated carbocycles. The van der Waals surface area contributed by atoms with Crippen LogP contribution >= 0.6 is 0 Å². The smallest absolute Gasteiger partial charge is 0.251 e. The number of nitrogens with zero attached hydrogens (tertiary/aromatic N) is 4. The number of amidine groups is 1. The standard InChI is InChI=1S/C12H14N6O2/c1-18-7-15-16-10(18)6-14-12(19)9-4-2-3-8(5-9)11(13)17-20/h2-5,7,20H,6H2,1H3,(H2,13,17)(H,14,19). The Hall–Kier alpha value is -2.90. The van der Waals surface area contributed by atoms with Gasteiger partial charge in [-0.05, 0) is 12.1 Å². The van der Waals surface area contributed by atoms with Crippen molar-refractivity contribution >= 4 is 11.7 Å². The Kier molecular flexibility index (Phi) is 3.94. The van der Waals surface area contributed by atoms with Gasteiger partial charge in [-0.1, -0.05) is 17.3 Å². The molecule has 4 N–H and O–H groups in total. The Morgan fingerprint density at radius 3 is 2.90 bits per heavy atom. The predicted octanol–water partition coefficient (Wildman–Crippen LogP) is -0.160. The molecule has 8 heteroatoms. The average molecular weight is 274 g/mol. The molecule has 2 aromatic rings. The largest absolute Gasteiger partial charge is 0.409 e. The minimum atomic E-state index is -0.277. The van der Waals surface area contributed by atoms with Gasteiger partial charge in [0.05, 0.1) is 6.54 Å².